The Kier molecular flexibility index (Phi) is 6.45. The van der Waals surface area contributed by atoms with E-state index < -0.39 is 5.60 Å². The fraction of sp³-hybridized carbons (Fsp3) is 0.765. The number of alkyl carbamates (subject to hydrolysis) is 1. The van der Waals surface area contributed by atoms with Crippen LogP contribution in [0.1, 0.15) is 46.5 Å². The Bertz CT molecular complexity index is 467. The molecule has 1 heterocycles. The monoisotopic (exact) mass is 322 g/mol. The van der Waals surface area contributed by atoms with Crippen molar-refractivity contribution in [1.82, 2.24) is 20.4 Å². The van der Waals surface area contributed by atoms with Crippen LogP contribution in [0.15, 0.2) is 18.5 Å². The Hall–Kier alpha value is -1.56. The number of amides is 1. The van der Waals surface area contributed by atoms with Crippen LogP contribution in [-0.2, 0) is 11.3 Å². The molecule has 1 saturated carbocycles. The summed E-state index contributed by atoms with van der Waals surface area (Å²) in [5.74, 6) is 0.493. The normalized spacial score (nSPS) is 21.3. The van der Waals surface area contributed by atoms with Crippen molar-refractivity contribution in [1.29, 1.82) is 0 Å². The van der Waals surface area contributed by atoms with Gasteiger partial charge in [-0.25, -0.2) is 4.79 Å². The van der Waals surface area contributed by atoms with Crippen molar-refractivity contribution in [3.63, 3.8) is 0 Å². The summed E-state index contributed by atoms with van der Waals surface area (Å²) in [5, 5.41) is 10.7. The van der Waals surface area contributed by atoms with Crippen molar-refractivity contribution in [2.75, 3.05) is 13.1 Å². The molecule has 1 aromatic rings. The number of nitrogens with zero attached hydrogens (tertiary/aromatic N) is 2. The fourth-order valence-electron chi connectivity index (χ4n) is 3.04. The van der Waals surface area contributed by atoms with E-state index in [1.54, 1.807) is 0 Å². The number of nitrogens with one attached hydrogen (secondary N) is 2. The minimum Gasteiger partial charge on any atom is -0.444 e. The molecule has 0 saturated heterocycles. The number of carbonyl (C=O) groups excluding carboxylic acids is 1. The molecule has 6 nitrogen and oxygen atoms in total. The number of hydrogen-bond acceptors (Lipinski definition) is 4. The first kappa shape index (κ1) is 17.8. The van der Waals surface area contributed by atoms with Gasteiger partial charge in [-0.05, 0) is 58.6 Å². The Labute approximate surface area is 139 Å². The highest BCUT2D eigenvalue weighted by molar-refractivity contribution is 5.67. The third kappa shape index (κ3) is 6.60. The maximum absolute atomic E-state index is 11.8. The summed E-state index contributed by atoms with van der Waals surface area (Å²) in [7, 11) is 0. The van der Waals surface area contributed by atoms with Crippen molar-refractivity contribution in [2.24, 2.45) is 5.92 Å². The van der Waals surface area contributed by atoms with E-state index in [1.165, 1.54) is 12.8 Å². The van der Waals surface area contributed by atoms with Crippen LogP contribution in [0.3, 0.4) is 0 Å². The second kappa shape index (κ2) is 8.34. The fourth-order valence-corrected chi connectivity index (χ4v) is 3.04. The van der Waals surface area contributed by atoms with Crippen molar-refractivity contribution in [3.05, 3.63) is 18.5 Å². The summed E-state index contributed by atoms with van der Waals surface area (Å²) in [6, 6.07) is 2.44. The van der Waals surface area contributed by atoms with Gasteiger partial charge in [0.25, 0.3) is 0 Å². The van der Waals surface area contributed by atoms with Crippen LogP contribution in [0, 0.1) is 5.92 Å². The van der Waals surface area contributed by atoms with Gasteiger partial charge in [0.2, 0.25) is 0 Å². The third-order valence-corrected chi connectivity index (χ3v) is 4.10. The van der Waals surface area contributed by atoms with E-state index in [2.05, 4.69) is 15.7 Å². The number of ether oxygens (including phenoxy) is 1. The molecule has 0 aromatic carbocycles. The summed E-state index contributed by atoms with van der Waals surface area (Å²) >= 11 is 0. The Morgan fingerprint density at radius 1 is 1.39 bits per heavy atom. The summed E-state index contributed by atoms with van der Waals surface area (Å²) in [5.41, 5.74) is -0.441. The van der Waals surface area contributed by atoms with Crippen molar-refractivity contribution in [3.8, 4) is 0 Å². The molecule has 0 spiro atoms. The highest BCUT2D eigenvalue weighted by atomic mass is 16.6. The van der Waals surface area contributed by atoms with Gasteiger partial charge in [0.1, 0.15) is 5.60 Å². The lowest BCUT2D eigenvalue weighted by Crippen LogP contribution is -2.41. The molecule has 0 aliphatic heterocycles. The third-order valence-electron chi connectivity index (χ3n) is 4.10. The molecular weight excluding hydrogens is 292 g/mol. The average molecular weight is 322 g/mol. The largest absolute Gasteiger partial charge is 0.444 e. The molecule has 1 aliphatic rings. The van der Waals surface area contributed by atoms with Crippen LogP contribution in [0.5, 0.6) is 0 Å². The van der Waals surface area contributed by atoms with Gasteiger partial charge in [0, 0.05) is 31.5 Å². The summed E-state index contributed by atoms with van der Waals surface area (Å²) < 4.78 is 7.25. The SMILES string of the molecule is CC(C)(C)OC(=O)NCC1CCCC1NCCCn1cccn1. The lowest BCUT2D eigenvalue weighted by molar-refractivity contribution is 0.0517. The number of aryl methyl sites for hydroxylation is 1. The maximum atomic E-state index is 11.8. The molecule has 1 aliphatic carbocycles. The van der Waals surface area contributed by atoms with Crippen LogP contribution in [0.25, 0.3) is 0 Å². The van der Waals surface area contributed by atoms with Crippen LogP contribution >= 0.6 is 0 Å². The Morgan fingerprint density at radius 2 is 2.22 bits per heavy atom. The zero-order valence-electron chi connectivity index (χ0n) is 14.5. The number of aromatic nitrogens is 2. The minimum absolute atomic E-state index is 0.318. The van der Waals surface area contributed by atoms with E-state index in [-0.39, 0.29) is 6.09 Å². The van der Waals surface area contributed by atoms with E-state index in [1.807, 2.05) is 43.9 Å². The second-order valence-electron chi connectivity index (χ2n) is 7.26. The van der Waals surface area contributed by atoms with Crippen molar-refractivity contribution in [2.45, 2.75) is 64.6 Å². The Balaban J connectivity index is 1.63. The molecular formula is C17H30N4O2. The van der Waals surface area contributed by atoms with Crippen LogP contribution < -0.4 is 10.6 Å². The quantitative estimate of drug-likeness (QED) is 0.757. The highest BCUT2D eigenvalue weighted by Gasteiger charge is 2.27. The van der Waals surface area contributed by atoms with Gasteiger partial charge in [-0.3, -0.25) is 4.68 Å². The molecule has 130 valence electrons. The van der Waals surface area contributed by atoms with Gasteiger partial charge in [0.05, 0.1) is 0 Å². The first-order valence-electron chi connectivity index (χ1n) is 8.62. The summed E-state index contributed by atoms with van der Waals surface area (Å²) in [6.07, 6.45) is 8.10. The van der Waals surface area contributed by atoms with Crippen LogP contribution in [-0.4, -0.2) is 40.6 Å². The first-order valence-corrected chi connectivity index (χ1v) is 8.62. The lowest BCUT2D eigenvalue weighted by atomic mass is 10.0. The molecule has 2 unspecified atom stereocenters. The lowest BCUT2D eigenvalue weighted by Gasteiger charge is -2.23. The second-order valence-corrected chi connectivity index (χ2v) is 7.26. The summed E-state index contributed by atoms with van der Waals surface area (Å²) in [4.78, 5) is 11.8. The van der Waals surface area contributed by atoms with Crippen LogP contribution in [0.4, 0.5) is 4.79 Å². The Morgan fingerprint density at radius 3 is 2.91 bits per heavy atom. The van der Waals surface area contributed by atoms with Crippen molar-refractivity contribution < 1.29 is 9.53 Å². The zero-order valence-corrected chi connectivity index (χ0v) is 14.5. The molecule has 2 atom stereocenters. The van der Waals surface area contributed by atoms with Gasteiger partial charge < -0.3 is 15.4 Å². The molecule has 2 rings (SSSR count). The van der Waals surface area contributed by atoms with Crippen LogP contribution in [0.2, 0.25) is 0 Å². The highest BCUT2D eigenvalue weighted by Crippen LogP contribution is 2.25. The number of hydrogen-bond donors (Lipinski definition) is 2. The van der Waals surface area contributed by atoms with Gasteiger partial charge in [-0.2, -0.15) is 5.10 Å². The van der Waals surface area contributed by atoms with E-state index in [4.69, 9.17) is 4.74 Å². The first-order chi connectivity index (χ1) is 10.9. The van der Waals surface area contributed by atoms with E-state index >= 15 is 0 Å². The number of carbonyl (C=O) groups is 1. The molecule has 1 fully saturated rings. The van der Waals surface area contributed by atoms with E-state index in [0.29, 0.717) is 18.5 Å². The molecule has 23 heavy (non-hydrogen) atoms. The standard InChI is InChI=1S/C17H30N4O2/c1-17(2,3)23-16(22)19-13-14-7-4-8-15(14)18-9-5-11-21-12-6-10-20-21/h6,10,12,14-15,18H,4-5,7-9,11,13H2,1-3H3,(H,19,22). The predicted molar refractivity (Wildman–Crippen MR) is 90.2 cm³/mol. The van der Waals surface area contributed by atoms with Gasteiger partial charge >= 0.3 is 6.09 Å². The van der Waals surface area contributed by atoms with E-state index in [9.17, 15) is 4.79 Å². The van der Waals surface area contributed by atoms with Gasteiger partial charge in [-0.1, -0.05) is 6.42 Å². The smallest absolute Gasteiger partial charge is 0.407 e. The van der Waals surface area contributed by atoms with Gasteiger partial charge in [-0.15, -0.1) is 0 Å². The molecule has 1 aromatic heterocycles. The topological polar surface area (TPSA) is 68.2 Å². The van der Waals surface area contributed by atoms with Gasteiger partial charge in [0.15, 0.2) is 0 Å². The molecule has 0 radical (unpaired) electrons. The molecule has 1 amide bonds. The average Bonchev–Trinajstić information content (AvgIpc) is 3.11. The predicted octanol–water partition coefficient (Wildman–Crippen LogP) is 2.56. The van der Waals surface area contributed by atoms with E-state index in [0.717, 1.165) is 25.9 Å². The van der Waals surface area contributed by atoms with Crippen molar-refractivity contribution >= 4 is 6.09 Å². The zero-order chi connectivity index (χ0) is 16.7. The minimum atomic E-state index is -0.441. The summed E-state index contributed by atoms with van der Waals surface area (Å²) in [6.45, 7) is 8.25. The molecule has 6 heteroatoms. The number of rotatable bonds is 7. The maximum Gasteiger partial charge on any atom is 0.407 e. The molecule has 2 N–H and O–H groups in total. The molecule has 0 bridgehead atoms.